The van der Waals surface area contributed by atoms with Crippen LogP contribution in [0.3, 0.4) is 0 Å². The van der Waals surface area contributed by atoms with Gasteiger partial charge in [0.15, 0.2) is 0 Å². The van der Waals surface area contributed by atoms with Gasteiger partial charge in [-0.25, -0.2) is 0 Å². The second kappa shape index (κ2) is 16.8. The molecule has 0 aromatic heterocycles. The van der Waals surface area contributed by atoms with E-state index in [9.17, 15) is 15.3 Å². The molecule has 0 saturated carbocycles. The zero-order chi connectivity index (χ0) is 18.6. The molecular weight excluding hydrogens is 324 g/mol. The summed E-state index contributed by atoms with van der Waals surface area (Å²) in [5, 5.41) is 28.6. The normalized spacial score (nSPS) is 9.26. The van der Waals surface area contributed by atoms with Crippen LogP contribution in [0, 0.1) is 34.6 Å². The van der Waals surface area contributed by atoms with Gasteiger partial charge in [-0.1, -0.05) is 76.2 Å². The molecule has 1 aromatic carbocycles. The summed E-state index contributed by atoms with van der Waals surface area (Å²) < 4.78 is 0. The van der Waals surface area contributed by atoms with Gasteiger partial charge in [0, 0.05) is 0 Å². The van der Waals surface area contributed by atoms with E-state index in [1.54, 1.807) is 41.5 Å². The molecule has 0 fully saturated rings. The van der Waals surface area contributed by atoms with Gasteiger partial charge in [0.25, 0.3) is 0 Å². The molecule has 0 spiro atoms. The minimum absolute atomic E-state index is 0. The van der Waals surface area contributed by atoms with Gasteiger partial charge in [0.1, 0.15) is 0 Å². The molecule has 0 aliphatic rings. The van der Waals surface area contributed by atoms with E-state index in [1.807, 2.05) is 0 Å². The first-order chi connectivity index (χ1) is 9.75. The Balaban J connectivity index is -0.000000118. The first-order valence-corrected chi connectivity index (χ1v) is 7.92. The zero-order valence-corrected chi connectivity index (χ0v) is 18.5. The van der Waals surface area contributed by atoms with Crippen LogP contribution in [0.1, 0.15) is 69.4 Å². The fraction of sp³-hybridized carbons (Fsp3) is 0.737. The van der Waals surface area contributed by atoms with Gasteiger partial charge in [0.2, 0.25) is 0 Å². The van der Waals surface area contributed by atoms with E-state index in [-0.39, 0.29) is 21.7 Å². The molecule has 23 heavy (non-hydrogen) atoms. The Morgan fingerprint density at radius 2 is 0.739 bits per heavy atom. The van der Waals surface area contributed by atoms with E-state index >= 15 is 0 Å². The third kappa shape index (κ3) is 21.9. The van der Waals surface area contributed by atoms with E-state index < -0.39 is 18.3 Å². The van der Waals surface area contributed by atoms with Crippen LogP contribution in [-0.4, -0.2) is 18.3 Å². The third-order valence-electron chi connectivity index (χ3n) is 2.81. The van der Waals surface area contributed by atoms with Crippen molar-refractivity contribution in [3.63, 3.8) is 0 Å². The topological polar surface area (TPSA) is 69.2 Å². The molecule has 0 atom stereocenters. The average Bonchev–Trinajstić information content (AvgIpc) is 2.45. The molecule has 0 aliphatic carbocycles. The van der Waals surface area contributed by atoms with Gasteiger partial charge in [-0.2, -0.15) is 27.8 Å². The molecule has 0 amide bonds. The average molecular weight is 360 g/mol. The summed E-state index contributed by atoms with van der Waals surface area (Å²) in [6, 6.07) is 0. The predicted octanol–water partition coefficient (Wildman–Crippen LogP) is 2.21. The maximum Gasteiger partial charge on any atom is 4.00 e. The Hall–Kier alpha value is -0.0557. The molecule has 0 N–H and O–H groups in total. The van der Waals surface area contributed by atoms with Crippen molar-refractivity contribution in [3.05, 3.63) is 27.8 Å². The van der Waals surface area contributed by atoms with Crippen LogP contribution in [0.2, 0.25) is 0 Å². The molecule has 4 heteroatoms. The first-order valence-electron chi connectivity index (χ1n) is 7.92. The van der Waals surface area contributed by atoms with Crippen molar-refractivity contribution in [2.45, 2.75) is 94.5 Å². The molecule has 1 aromatic rings. The third-order valence-corrected chi connectivity index (χ3v) is 2.81. The number of hydrogen-bond acceptors (Lipinski definition) is 3. The summed E-state index contributed by atoms with van der Waals surface area (Å²) in [5.74, 6) is 0. The Kier molecular flexibility index (Phi) is 22.5. The molecule has 0 heterocycles. The summed E-state index contributed by atoms with van der Waals surface area (Å²) in [6.45, 7) is 20.7. The molecule has 0 aliphatic heterocycles. The molecule has 0 saturated heterocycles. The van der Waals surface area contributed by atoms with Gasteiger partial charge in [-0.3, -0.25) is 0 Å². The smallest absolute Gasteiger partial charge is 0.852 e. The zero-order valence-electron chi connectivity index (χ0n) is 17.0. The van der Waals surface area contributed by atoms with Gasteiger partial charge in [-0.05, 0) is 0 Å². The maximum atomic E-state index is 9.53. The molecule has 0 bridgehead atoms. The van der Waals surface area contributed by atoms with Crippen LogP contribution in [0.5, 0.6) is 0 Å². The summed E-state index contributed by atoms with van der Waals surface area (Å²) in [4.78, 5) is 0. The van der Waals surface area contributed by atoms with Crippen LogP contribution in [0.4, 0.5) is 0 Å². The number of rotatable bonds is 0. The standard InChI is InChI=1S/C10H15.3C3H7O.Ti/c1-6-7(2)9(4)10(5)8(6)3;3*1-3(2)4;/h1-5H3;3*3H,1-2H3;/q4*-1;+4. The van der Waals surface area contributed by atoms with Crippen LogP contribution in [-0.2, 0) is 21.7 Å². The van der Waals surface area contributed by atoms with E-state index in [2.05, 4.69) is 34.6 Å². The molecule has 0 unspecified atom stereocenters. The van der Waals surface area contributed by atoms with Gasteiger partial charge in [-0.15, -0.1) is 18.3 Å². The monoisotopic (exact) mass is 360 g/mol. The van der Waals surface area contributed by atoms with Gasteiger partial charge < -0.3 is 15.3 Å². The molecule has 1 rings (SSSR count). The molecule has 3 nitrogen and oxygen atoms in total. The Morgan fingerprint density at radius 3 is 0.783 bits per heavy atom. The summed E-state index contributed by atoms with van der Waals surface area (Å²) >= 11 is 0. The van der Waals surface area contributed by atoms with E-state index in [0.717, 1.165) is 0 Å². The van der Waals surface area contributed by atoms with Crippen molar-refractivity contribution in [1.29, 1.82) is 0 Å². The van der Waals surface area contributed by atoms with Crippen LogP contribution in [0.25, 0.3) is 0 Å². The minimum atomic E-state index is -0.417. The van der Waals surface area contributed by atoms with Crippen LogP contribution in [0.15, 0.2) is 0 Å². The van der Waals surface area contributed by atoms with Crippen molar-refractivity contribution in [2.24, 2.45) is 0 Å². The second-order valence-electron chi connectivity index (χ2n) is 6.27. The van der Waals surface area contributed by atoms with E-state index in [0.29, 0.717) is 0 Å². The second-order valence-corrected chi connectivity index (χ2v) is 6.27. The first kappa shape index (κ1) is 30.8. The van der Waals surface area contributed by atoms with Crippen LogP contribution < -0.4 is 15.3 Å². The molecule has 134 valence electrons. The summed E-state index contributed by atoms with van der Waals surface area (Å²) in [7, 11) is 0. The van der Waals surface area contributed by atoms with Gasteiger partial charge in [0.05, 0.1) is 0 Å². The summed E-state index contributed by atoms with van der Waals surface area (Å²) in [5.41, 5.74) is 7.34. The fourth-order valence-corrected chi connectivity index (χ4v) is 1.41. The molecule has 0 radical (unpaired) electrons. The van der Waals surface area contributed by atoms with E-state index in [1.165, 1.54) is 27.8 Å². The molecular formula is C19H36O3Ti. The Morgan fingerprint density at radius 1 is 0.609 bits per heavy atom. The SMILES string of the molecule is CC(C)[O-].CC(C)[O-].CC(C)[O-].Cc1c(C)c(C)[c-](C)c1C.[Ti+4]. The predicted molar refractivity (Wildman–Crippen MR) is 91.1 cm³/mol. The van der Waals surface area contributed by atoms with Gasteiger partial charge >= 0.3 is 21.7 Å². The van der Waals surface area contributed by atoms with Crippen LogP contribution >= 0.6 is 0 Å². The Bertz CT molecular complexity index is 278. The van der Waals surface area contributed by atoms with E-state index in [4.69, 9.17) is 0 Å². The fourth-order valence-electron chi connectivity index (χ4n) is 1.41. The maximum absolute atomic E-state index is 9.53. The van der Waals surface area contributed by atoms with Crippen molar-refractivity contribution in [2.75, 3.05) is 0 Å². The minimum Gasteiger partial charge on any atom is -0.852 e. The quantitative estimate of drug-likeness (QED) is 0.526. The van der Waals surface area contributed by atoms with Crippen molar-refractivity contribution in [3.8, 4) is 0 Å². The van der Waals surface area contributed by atoms with Crippen molar-refractivity contribution < 1.29 is 37.0 Å². The summed E-state index contributed by atoms with van der Waals surface area (Å²) in [6.07, 6.45) is -1.25. The van der Waals surface area contributed by atoms with Crippen molar-refractivity contribution >= 4 is 0 Å². The number of hydrogen-bond donors (Lipinski definition) is 0. The Labute approximate surface area is 159 Å². The largest absolute Gasteiger partial charge is 4.00 e. The van der Waals surface area contributed by atoms with Crippen molar-refractivity contribution in [1.82, 2.24) is 0 Å².